The van der Waals surface area contributed by atoms with Gasteiger partial charge in [-0.05, 0) is 61.7 Å². The Bertz CT molecular complexity index is 1140. The molecule has 1 aromatic heterocycles. The van der Waals surface area contributed by atoms with Crippen molar-refractivity contribution in [3.63, 3.8) is 0 Å². The average molecular weight is 486 g/mol. The van der Waals surface area contributed by atoms with Crippen molar-refractivity contribution in [1.29, 1.82) is 0 Å². The minimum atomic E-state index is -0.296. The second kappa shape index (κ2) is 10.2. The summed E-state index contributed by atoms with van der Waals surface area (Å²) in [5.74, 6) is 0.584. The second-order valence-electron chi connectivity index (χ2n) is 7.80. The number of aryl methyl sites for hydroxylation is 1. The molecule has 1 saturated heterocycles. The third-order valence-electron chi connectivity index (χ3n) is 5.48. The molecule has 10 heteroatoms. The summed E-state index contributed by atoms with van der Waals surface area (Å²) in [4.78, 5) is 26.9. The van der Waals surface area contributed by atoms with Crippen LogP contribution in [0.15, 0.2) is 42.5 Å². The van der Waals surface area contributed by atoms with E-state index in [-0.39, 0.29) is 17.9 Å². The molecular formula is C23H24ClN5O3S. The van der Waals surface area contributed by atoms with Crippen LogP contribution >= 0.6 is 22.9 Å². The molecular weight excluding hydrogens is 462 g/mol. The Morgan fingerprint density at radius 2 is 1.82 bits per heavy atom. The van der Waals surface area contributed by atoms with E-state index in [4.69, 9.17) is 16.3 Å². The van der Waals surface area contributed by atoms with E-state index in [0.29, 0.717) is 40.2 Å². The van der Waals surface area contributed by atoms with Gasteiger partial charge in [0.15, 0.2) is 0 Å². The molecule has 0 aliphatic carbocycles. The lowest BCUT2D eigenvalue weighted by atomic mass is 9.98. The van der Waals surface area contributed by atoms with Gasteiger partial charge < -0.3 is 20.3 Å². The zero-order valence-electron chi connectivity index (χ0n) is 18.3. The van der Waals surface area contributed by atoms with Crippen molar-refractivity contribution in [2.45, 2.75) is 25.7 Å². The number of rotatable bonds is 5. The fourth-order valence-electron chi connectivity index (χ4n) is 3.60. The van der Waals surface area contributed by atoms with Gasteiger partial charge in [-0.2, -0.15) is 0 Å². The molecule has 0 radical (unpaired) electrons. The Labute approximate surface area is 200 Å². The van der Waals surface area contributed by atoms with E-state index in [2.05, 4.69) is 20.8 Å². The SMILES string of the molecule is COc1ccc(NC(=O)c2nnc(C3CCN(C(=O)Nc4ccc(C)cc4Cl)CC3)s2)cc1. The zero-order valence-corrected chi connectivity index (χ0v) is 19.9. The largest absolute Gasteiger partial charge is 0.497 e. The molecule has 1 aliphatic heterocycles. The lowest BCUT2D eigenvalue weighted by Crippen LogP contribution is -2.40. The number of urea groups is 1. The summed E-state index contributed by atoms with van der Waals surface area (Å²) < 4.78 is 5.12. The number of nitrogens with zero attached hydrogens (tertiary/aromatic N) is 3. The van der Waals surface area contributed by atoms with Gasteiger partial charge in [0, 0.05) is 24.7 Å². The van der Waals surface area contributed by atoms with Crippen LogP contribution < -0.4 is 15.4 Å². The van der Waals surface area contributed by atoms with Crippen molar-refractivity contribution in [2.24, 2.45) is 0 Å². The molecule has 172 valence electrons. The highest BCUT2D eigenvalue weighted by Gasteiger charge is 2.27. The van der Waals surface area contributed by atoms with Crippen LogP contribution in [-0.4, -0.2) is 47.2 Å². The number of piperidine rings is 1. The number of carbonyl (C=O) groups is 2. The Balaban J connectivity index is 1.30. The number of hydrogen-bond donors (Lipinski definition) is 2. The van der Waals surface area contributed by atoms with Crippen LogP contribution in [0, 0.1) is 6.92 Å². The quantitative estimate of drug-likeness (QED) is 0.519. The first-order chi connectivity index (χ1) is 15.9. The van der Waals surface area contributed by atoms with Gasteiger partial charge >= 0.3 is 6.03 Å². The molecule has 0 bridgehead atoms. The number of hydrogen-bond acceptors (Lipinski definition) is 6. The molecule has 0 saturated carbocycles. The maximum atomic E-state index is 12.6. The number of aromatic nitrogens is 2. The van der Waals surface area contributed by atoms with Gasteiger partial charge in [-0.25, -0.2) is 4.79 Å². The topological polar surface area (TPSA) is 96.4 Å². The predicted octanol–water partition coefficient (Wildman–Crippen LogP) is 5.17. The Hall–Kier alpha value is -3.17. The van der Waals surface area contributed by atoms with Crippen LogP contribution in [-0.2, 0) is 0 Å². The molecule has 0 spiro atoms. The number of carbonyl (C=O) groups excluding carboxylic acids is 2. The van der Waals surface area contributed by atoms with Crippen molar-refractivity contribution < 1.29 is 14.3 Å². The van der Waals surface area contributed by atoms with Gasteiger partial charge in [0.05, 0.1) is 17.8 Å². The van der Waals surface area contributed by atoms with Gasteiger partial charge in [0.2, 0.25) is 5.01 Å². The van der Waals surface area contributed by atoms with Gasteiger partial charge in [-0.1, -0.05) is 29.0 Å². The first kappa shape index (κ1) is 23.0. The highest BCUT2D eigenvalue weighted by molar-refractivity contribution is 7.13. The summed E-state index contributed by atoms with van der Waals surface area (Å²) >= 11 is 7.52. The number of benzene rings is 2. The van der Waals surface area contributed by atoms with Crippen LogP contribution in [0.1, 0.15) is 39.1 Å². The van der Waals surface area contributed by atoms with Crippen LogP contribution in [0.2, 0.25) is 5.02 Å². The summed E-state index contributed by atoms with van der Waals surface area (Å²) in [6.45, 7) is 3.13. The molecule has 4 rings (SSSR count). The first-order valence-corrected chi connectivity index (χ1v) is 11.7. The molecule has 1 fully saturated rings. The maximum Gasteiger partial charge on any atom is 0.321 e. The van der Waals surface area contributed by atoms with Crippen molar-refractivity contribution in [3.05, 3.63) is 63.1 Å². The lowest BCUT2D eigenvalue weighted by Gasteiger charge is -2.31. The summed E-state index contributed by atoms with van der Waals surface area (Å²) in [5.41, 5.74) is 2.30. The molecule has 0 atom stereocenters. The summed E-state index contributed by atoms with van der Waals surface area (Å²) in [6.07, 6.45) is 1.51. The Morgan fingerprint density at radius 3 is 2.48 bits per heavy atom. The van der Waals surface area contributed by atoms with Crippen LogP contribution in [0.4, 0.5) is 16.2 Å². The minimum absolute atomic E-state index is 0.164. The van der Waals surface area contributed by atoms with E-state index in [1.807, 2.05) is 25.1 Å². The molecule has 0 unspecified atom stereocenters. The third kappa shape index (κ3) is 5.61. The normalized spacial score (nSPS) is 14.1. The summed E-state index contributed by atoms with van der Waals surface area (Å²) in [5, 5.41) is 15.7. The molecule has 33 heavy (non-hydrogen) atoms. The average Bonchev–Trinajstić information content (AvgIpc) is 3.32. The fourth-order valence-corrected chi connectivity index (χ4v) is 4.79. The number of amides is 3. The van der Waals surface area contributed by atoms with Crippen LogP contribution in [0.5, 0.6) is 5.75 Å². The van der Waals surface area contributed by atoms with E-state index in [1.165, 1.54) is 11.3 Å². The Kier molecular flexibility index (Phi) is 7.10. The minimum Gasteiger partial charge on any atom is -0.497 e. The fraction of sp³-hybridized carbons (Fsp3) is 0.304. The van der Waals surface area contributed by atoms with Gasteiger partial charge in [0.1, 0.15) is 10.8 Å². The Morgan fingerprint density at radius 1 is 1.09 bits per heavy atom. The van der Waals surface area contributed by atoms with Crippen molar-refractivity contribution in [2.75, 3.05) is 30.8 Å². The standard InChI is InChI=1S/C23H24ClN5O3S/c1-14-3-8-19(18(24)13-14)26-23(31)29-11-9-15(10-12-29)21-27-28-22(33-21)20(30)25-16-4-6-17(32-2)7-5-16/h3-8,13,15H,9-12H2,1-2H3,(H,25,30)(H,26,31). The number of nitrogens with one attached hydrogen (secondary N) is 2. The highest BCUT2D eigenvalue weighted by atomic mass is 35.5. The van der Waals surface area contributed by atoms with Crippen molar-refractivity contribution in [1.82, 2.24) is 15.1 Å². The number of anilines is 2. The second-order valence-corrected chi connectivity index (χ2v) is 9.22. The van der Waals surface area contributed by atoms with E-state index < -0.39 is 0 Å². The van der Waals surface area contributed by atoms with Gasteiger partial charge in [0.25, 0.3) is 5.91 Å². The number of methoxy groups -OCH3 is 1. The summed E-state index contributed by atoms with van der Waals surface area (Å²) in [7, 11) is 1.59. The van der Waals surface area contributed by atoms with Crippen molar-refractivity contribution in [3.8, 4) is 5.75 Å². The van der Waals surface area contributed by atoms with Crippen LogP contribution in [0.3, 0.4) is 0 Å². The first-order valence-electron chi connectivity index (χ1n) is 10.5. The molecule has 1 aliphatic rings. The molecule has 8 nitrogen and oxygen atoms in total. The smallest absolute Gasteiger partial charge is 0.321 e. The zero-order chi connectivity index (χ0) is 23.4. The highest BCUT2D eigenvalue weighted by Crippen LogP contribution is 2.31. The molecule has 2 N–H and O–H groups in total. The predicted molar refractivity (Wildman–Crippen MR) is 130 cm³/mol. The van der Waals surface area contributed by atoms with E-state index >= 15 is 0 Å². The number of halogens is 1. The molecule has 2 aromatic carbocycles. The number of ether oxygens (including phenoxy) is 1. The van der Waals surface area contributed by atoms with Gasteiger partial charge in [-0.15, -0.1) is 10.2 Å². The molecule has 2 heterocycles. The van der Waals surface area contributed by atoms with E-state index in [9.17, 15) is 9.59 Å². The van der Waals surface area contributed by atoms with Crippen molar-refractivity contribution >= 4 is 46.3 Å². The molecule has 3 aromatic rings. The maximum absolute atomic E-state index is 12.6. The van der Waals surface area contributed by atoms with E-state index in [0.717, 1.165) is 23.4 Å². The van der Waals surface area contributed by atoms with Crippen LogP contribution in [0.25, 0.3) is 0 Å². The lowest BCUT2D eigenvalue weighted by molar-refractivity contribution is 0.102. The van der Waals surface area contributed by atoms with Gasteiger partial charge in [-0.3, -0.25) is 4.79 Å². The summed E-state index contributed by atoms with van der Waals surface area (Å²) in [6, 6.07) is 12.5. The monoisotopic (exact) mass is 485 g/mol. The van der Waals surface area contributed by atoms with E-state index in [1.54, 1.807) is 36.3 Å². The number of likely N-dealkylation sites (tertiary alicyclic amines) is 1. The third-order valence-corrected chi connectivity index (χ3v) is 6.88. The molecule has 3 amide bonds.